The Balaban J connectivity index is 1.40. The molecule has 2 aromatic carbocycles. The third-order valence-electron chi connectivity index (χ3n) is 6.52. The van der Waals surface area contributed by atoms with Crippen molar-refractivity contribution in [3.8, 4) is 0 Å². The lowest BCUT2D eigenvalue weighted by Crippen LogP contribution is -2.53. The molecule has 0 spiro atoms. The monoisotopic (exact) mass is 447 g/mol. The third-order valence-corrected chi connectivity index (χ3v) is 6.52. The standard InChI is InChI=1S/C27H37N5O/c1-3-28-26(29-16-13-23-19-30-25-12-8-7-11-24(23)25)31-20-27(14-17-33-18-15-27)32-21(2)22-9-5-4-6-10-22/h4-12,19,21,30,32H,3,13-18,20H2,1-2H3,(H2,28,29,31). The van der Waals surface area contributed by atoms with Gasteiger partial charge >= 0.3 is 0 Å². The van der Waals surface area contributed by atoms with Gasteiger partial charge in [0.1, 0.15) is 0 Å². The van der Waals surface area contributed by atoms with Crippen molar-refractivity contribution in [3.05, 3.63) is 71.9 Å². The molecule has 4 N–H and O–H groups in total. The van der Waals surface area contributed by atoms with Gasteiger partial charge in [0.05, 0.1) is 6.54 Å². The number of para-hydroxylation sites is 1. The first-order valence-electron chi connectivity index (χ1n) is 12.2. The van der Waals surface area contributed by atoms with Gasteiger partial charge in [-0.15, -0.1) is 0 Å². The van der Waals surface area contributed by atoms with Crippen molar-refractivity contribution in [3.63, 3.8) is 0 Å². The van der Waals surface area contributed by atoms with Crippen molar-refractivity contribution in [2.45, 2.75) is 44.7 Å². The van der Waals surface area contributed by atoms with Crippen LogP contribution in [0.15, 0.2) is 65.8 Å². The van der Waals surface area contributed by atoms with Crippen LogP contribution in [0.1, 0.15) is 43.9 Å². The summed E-state index contributed by atoms with van der Waals surface area (Å²) in [4.78, 5) is 8.37. The number of ether oxygens (including phenoxy) is 1. The molecule has 2 heterocycles. The summed E-state index contributed by atoms with van der Waals surface area (Å²) in [5, 5.41) is 12.1. The van der Waals surface area contributed by atoms with Gasteiger partial charge in [-0.05, 0) is 50.3 Å². The Bertz CT molecular complexity index is 1020. The Hall–Kier alpha value is -2.83. The molecule has 3 aromatic rings. The van der Waals surface area contributed by atoms with Crippen molar-refractivity contribution in [2.75, 3.05) is 32.8 Å². The Morgan fingerprint density at radius 3 is 2.61 bits per heavy atom. The fourth-order valence-electron chi connectivity index (χ4n) is 4.62. The Labute approximate surface area is 197 Å². The average molecular weight is 448 g/mol. The van der Waals surface area contributed by atoms with E-state index in [2.05, 4.69) is 95.6 Å². The highest BCUT2D eigenvalue weighted by molar-refractivity contribution is 5.83. The van der Waals surface area contributed by atoms with E-state index in [0.717, 1.165) is 58.1 Å². The molecule has 1 aliphatic heterocycles. The lowest BCUT2D eigenvalue weighted by molar-refractivity contribution is 0.0374. The fraction of sp³-hybridized carbons (Fsp3) is 0.444. The molecule has 1 unspecified atom stereocenters. The predicted molar refractivity (Wildman–Crippen MR) is 137 cm³/mol. The zero-order chi connectivity index (χ0) is 22.9. The topological polar surface area (TPSA) is 73.5 Å². The number of aliphatic imine (C=N–C) groups is 1. The minimum Gasteiger partial charge on any atom is -0.381 e. The number of hydrogen-bond acceptors (Lipinski definition) is 3. The van der Waals surface area contributed by atoms with Gasteiger partial charge in [-0.1, -0.05) is 48.5 Å². The summed E-state index contributed by atoms with van der Waals surface area (Å²) >= 11 is 0. The molecule has 0 bridgehead atoms. The number of nitrogens with one attached hydrogen (secondary N) is 4. The third kappa shape index (κ3) is 6.15. The summed E-state index contributed by atoms with van der Waals surface area (Å²) in [6.45, 7) is 8.28. The first-order chi connectivity index (χ1) is 16.2. The SMILES string of the molecule is CCNC(=NCC1(NC(C)c2ccccc2)CCOCC1)NCCc1c[nH]c2ccccc12. The molecule has 176 valence electrons. The number of aromatic amines is 1. The fourth-order valence-corrected chi connectivity index (χ4v) is 4.62. The van der Waals surface area contributed by atoms with E-state index in [1.54, 1.807) is 0 Å². The largest absolute Gasteiger partial charge is 0.381 e. The molecule has 4 rings (SSSR count). The van der Waals surface area contributed by atoms with Crippen LogP contribution in [0.2, 0.25) is 0 Å². The van der Waals surface area contributed by atoms with Crippen LogP contribution in [0.25, 0.3) is 10.9 Å². The highest BCUT2D eigenvalue weighted by Gasteiger charge is 2.34. The lowest BCUT2D eigenvalue weighted by atomic mass is 9.88. The Kier molecular flexibility index (Phi) is 8.02. The van der Waals surface area contributed by atoms with Crippen LogP contribution in [0.4, 0.5) is 0 Å². The number of rotatable bonds is 9. The van der Waals surface area contributed by atoms with E-state index >= 15 is 0 Å². The molecule has 1 fully saturated rings. The summed E-state index contributed by atoms with van der Waals surface area (Å²) in [6.07, 6.45) is 4.98. The van der Waals surface area contributed by atoms with Gasteiger partial charge in [-0.25, -0.2) is 0 Å². The summed E-state index contributed by atoms with van der Waals surface area (Å²) in [5.74, 6) is 0.873. The van der Waals surface area contributed by atoms with Crippen molar-refractivity contribution in [2.24, 2.45) is 4.99 Å². The molecule has 1 atom stereocenters. The van der Waals surface area contributed by atoms with Gasteiger partial charge in [-0.2, -0.15) is 0 Å². The van der Waals surface area contributed by atoms with E-state index in [1.165, 1.54) is 22.0 Å². The average Bonchev–Trinajstić information content (AvgIpc) is 3.27. The van der Waals surface area contributed by atoms with Crippen molar-refractivity contribution in [1.29, 1.82) is 0 Å². The lowest BCUT2D eigenvalue weighted by Gasteiger charge is -2.39. The zero-order valence-electron chi connectivity index (χ0n) is 19.9. The first kappa shape index (κ1) is 23.3. The summed E-state index contributed by atoms with van der Waals surface area (Å²) in [7, 11) is 0. The van der Waals surface area contributed by atoms with Crippen molar-refractivity contribution in [1.82, 2.24) is 20.9 Å². The molecular formula is C27H37N5O. The molecule has 0 radical (unpaired) electrons. The van der Waals surface area contributed by atoms with Crippen LogP contribution in [0.5, 0.6) is 0 Å². The second-order valence-electron chi connectivity index (χ2n) is 8.90. The number of hydrogen-bond donors (Lipinski definition) is 4. The highest BCUT2D eigenvalue weighted by Crippen LogP contribution is 2.26. The van der Waals surface area contributed by atoms with Crippen molar-refractivity contribution >= 4 is 16.9 Å². The maximum atomic E-state index is 5.69. The normalized spacial score (nSPS) is 17.1. The zero-order valence-corrected chi connectivity index (χ0v) is 19.9. The molecule has 0 aliphatic carbocycles. The Morgan fingerprint density at radius 2 is 1.82 bits per heavy atom. The summed E-state index contributed by atoms with van der Waals surface area (Å²) < 4.78 is 5.69. The van der Waals surface area contributed by atoms with Crippen LogP contribution < -0.4 is 16.0 Å². The van der Waals surface area contributed by atoms with Gasteiger partial charge < -0.3 is 25.7 Å². The quantitative estimate of drug-likeness (QED) is 0.294. The maximum Gasteiger partial charge on any atom is 0.191 e. The van der Waals surface area contributed by atoms with Crippen LogP contribution in [0, 0.1) is 0 Å². The van der Waals surface area contributed by atoms with E-state index in [9.17, 15) is 0 Å². The number of H-pyrrole nitrogens is 1. The summed E-state index contributed by atoms with van der Waals surface area (Å²) in [6, 6.07) is 19.3. The van der Waals surface area contributed by atoms with E-state index in [0.29, 0.717) is 0 Å². The summed E-state index contributed by atoms with van der Waals surface area (Å²) in [5.41, 5.74) is 3.75. The van der Waals surface area contributed by atoms with Gasteiger partial charge in [0.2, 0.25) is 0 Å². The van der Waals surface area contributed by atoms with E-state index in [1.807, 2.05) is 0 Å². The first-order valence-corrected chi connectivity index (χ1v) is 12.2. The minimum atomic E-state index is -0.0628. The molecule has 33 heavy (non-hydrogen) atoms. The molecule has 0 saturated carbocycles. The maximum absolute atomic E-state index is 5.69. The molecule has 0 amide bonds. The molecule has 1 aromatic heterocycles. The number of guanidine groups is 1. The molecule has 1 saturated heterocycles. The minimum absolute atomic E-state index is 0.0628. The van der Waals surface area contributed by atoms with Crippen LogP contribution in [-0.2, 0) is 11.2 Å². The number of benzene rings is 2. The smallest absolute Gasteiger partial charge is 0.191 e. The van der Waals surface area contributed by atoms with Crippen LogP contribution in [-0.4, -0.2) is 49.3 Å². The molecular weight excluding hydrogens is 410 g/mol. The number of nitrogens with zero attached hydrogens (tertiary/aromatic N) is 1. The van der Waals surface area contributed by atoms with Gasteiger partial charge in [0.25, 0.3) is 0 Å². The van der Waals surface area contributed by atoms with Gasteiger partial charge in [0.15, 0.2) is 5.96 Å². The molecule has 6 heteroatoms. The highest BCUT2D eigenvalue weighted by atomic mass is 16.5. The number of aromatic nitrogens is 1. The van der Waals surface area contributed by atoms with Crippen molar-refractivity contribution < 1.29 is 4.74 Å². The second kappa shape index (κ2) is 11.3. The predicted octanol–water partition coefficient (Wildman–Crippen LogP) is 4.17. The van der Waals surface area contributed by atoms with Crippen LogP contribution in [0.3, 0.4) is 0 Å². The Morgan fingerprint density at radius 1 is 1.06 bits per heavy atom. The second-order valence-corrected chi connectivity index (χ2v) is 8.90. The molecule has 1 aliphatic rings. The number of fused-ring (bicyclic) bond motifs is 1. The van der Waals surface area contributed by atoms with Gasteiger partial charge in [0, 0.05) is 55.0 Å². The van der Waals surface area contributed by atoms with E-state index in [4.69, 9.17) is 9.73 Å². The van der Waals surface area contributed by atoms with Crippen LogP contribution >= 0.6 is 0 Å². The van der Waals surface area contributed by atoms with E-state index < -0.39 is 0 Å². The van der Waals surface area contributed by atoms with E-state index in [-0.39, 0.29) is 11.6 Å². The molecule has 6 nitrogen and oxygen atoms in total. The van der Waals surface area contributed by atoms with Gasteiger partial charge in [-0.3, -0.25) is 4.99 Å².